The lowest BCUT2D eigenvalue weighted by molar-refractivity contribution is 0.271. The molecule has 0 atom stereocenters. The zero-order valence-electron chi connectivity index (χ0n) is 8.09. The second kappa shape index (κ2) is 2.36. The smallest absolute Gasteiger partial charge is 0.0234 e. The minimum atomic E-state index is 0.559. The normalized spacial score (nSPS) is 24.4. The van der Waals surface area contributed by atoms with Crippen LogP contribution in [0.2, 0.25) is 0 Å². The lowest BCUT2D eigenvalue weighted by atomic mass is 9.87. The Bertz CT molecular complexity index is 339. The minimum absolute atomic E-state index is 0.559. The third-order valence-electron chi connectivity index (χ3n) is 3.46. The van der Waals surface area contributed by atoms with Crippen molar-refractivity contribution in [2.24, 2.45) is 0 Å². The van der Waals surface area contributed by atoms with Crippen molar-refractivity contribution in [1.29, 1.82) is 0 Å². The van der Waals surface area contributed by atoms with Gasteiger partial charge in [0.1, 0.15) is 0 Å². The van der Waals surface area contributed by atoms with Gasteiger partial charge in [-0.15, -0.1) is 0 Å². The molecule has 1 fully saturated rings. The highest BCUT2D eigenvalue weighted by molar-refractivity contribution is 5.40. The van der Waals surface area contributed by atoms with Crippen LogP contribution in [0.3, 0.4) is 0 Å². The molecule has 2 aliphatic rings. The maximum Gasteiger partial charge on any atom is 0.0234 e. The fourth-order valence-electron chi connectivity index (χ4n) is 2.70. The number of benzene rings is 1. The molecule has 1 heterocycles. The first-order valence-electron chi connectivity index (χ1n) is 5.07. The summed E-state index contributed by atoms with van der Waals surface area (Å²) in [5.74, 6) is 0. The number of nitrogens with zero attached hydrogens (tertiary/aromatic N) is 1. The van der Waals surface area contributed by atoms with Gasteiger partial charge in [-0.3, -0.25) is 0 Å². The van der Waals surface area contributed by atoms with Gasteiger partial charge >= 0.3 is 0 Å². The van der Waals surface area contributed by atoms with Gasteiger partial charge in [0.15, 0.2) is 0 Å². The van der Waals surface area contributed by atoms with Crippen molar-refractivity contribution in [2.75, 3.05) is 13.6 Å². The van der Waals surface area contributed by atoms with Crippen molar-refractivity contribution < 1.29 is 0 Å². The van der Waals surface area contributed by atoms with Crippen LogP contribution in [0, 0.1) is 0 Å². The van der Waals surface area contributed by atoms with E-state index in [0.29, 0.717) is 5.41 Å². The molecule has 3 rings (SSSR count). The van der Waals surface area contributed by atoms with Crippen molar-refractivity contribution in [3.8, 4) is 0 Å². The molecule has 13 heavy (non-hydrogen) atoms. The Morgan fingerprint density at radius 2 is 2.00 bits per heavy atom. The van der Waals surface area contributed by atoms with Gasteiger partial charge in [0.25, 0.3) is 0 Å². The second-order valence-corrected chi connectivity index (χ2v) is 4.61. The highest BCUT2D eigenvalue weighted by atomic mass is 15.1. The number of likely N-dealkylation sites (N-methyl/N-ethyl adjacent to an activating group) is 1. The van der Waals surface area contributed by atoms with Crippen LogP contribution in [0.1, 0.15) is 24.0 Å². The largest absolute Gasteiger partial charge is 0.301 e. The van der Waals surface area contributed by atoms with E-state index >= 15 is 0 Å². The summed E-state index contributed by atoms with van der Waals surface area (Å²) < 4.78 is 0. The summed E-state index contributed by atoms with van der Waals surface area (Å²) in [5, 5.41) is 0. The van der Waals surface area contributed by atoms with Crippen LogP contribution in [0.4, 0.5) is 0 Å². The van der Waals surface area contributed by atoms with E-state index in [1.165, 1.54) is 19.4 Å². The van der Waals surface area contributed by atoms with Gasteiger partial charge < -0.3 is 4.90 Å². The summed E-state index contributed by atoms with van der Waals surface area (Å²) >= 11 is 0. The van der Waals surface area contributed by atoms with E-state index in [0.717, 1.165) is 6.54 Å². The van der Waals surface area contributed by atoms with Gasteiger partial charge in [0.2, 0.25) is 0 Å². The quantitative estimate of drug-likeness (QED) is 0.581. The Morgan fingerprint density at radius 1 is 1.23 bits per heavy atom. The first-order valence-corrected chi connectivity index (χ1v) is 5.07. The van der Waals surface area contributed by atoms with E-state index in [9.17, 15) is 0 Å². The van der Waals surface area contributed by atoms with Crippen LogP contribution in [0.25, 0.3) is 0 Å². The molecule has 0 unspecified atom stereocenters. The van der Waals surface area contributed by atoms with E-state index in [4.69, 9.17) is 0 Å². The Kier molecular flexibility index (Phi) is 1.37. The number of hydrogen-bond acceptors (Lipinski definition) is 1. The molecule has 0 N–H and O–H groups in total. The maximum absolute atomic E-state index is 2.45. The Hall–Kier alpha value is -0.820. The van der Waals surface area contributed by atoms with Crippen molar-refractivity contribution in [3.63, 3.8) is 0 Å². The third-order valence-corrected chi connectivity index (χ3v) is 3.46. The van der Waals surface area contributed by atoms with Gasteiger partial charge in [0, 0.05) is 18.5 Å². The molecule has 0 radical (unpaired) electrons. The molecular formula is C12H15N. The van der Waals surface area contributed by atoms with Crippen LogP contribution < -0.4 is 0 Å². The van der Waals surface area contributed by atoms with E-state index in [1.807, 2.05) is 0 Å². The molecule has 68 valence electrons. The number of rotatable bonds is 0. The molecule has 0 aromatic heterocycles. The SMILES string of the molecule is CN1Cc2ccccc2C2(CC2)C1. The number of hydrogen-bond donors (Lipinski definition) is 0. The average Bonchev–Trinajstić information content (AvgIpc) is 2.85. The molecule has 1 spiro atoms. The fraction of sp³-hybridized carbons (Fsp3) is 0.500. The Labute approximate surface area is 79.4 Å². The van der Waals surface area contributed by atoms with Crippen LogP contribution >= 0.6 is 0 Å². The van der Waals surface area contributed by atoms with E-state index in [-0.39, 0.29) is 0 Å². The third kappa shape index (κ3) is 1.03. The number of fused-ring (bicyclic) bond motifs is 2. The minimum Gasteiger partial charge on any atom is -0.301 e. The molecule has 1 aromatic rings. The Balaban J connectivity index is 2.12. The van der Waals surface area contributed by atoms with Crippen molar-refractivity contribution in [3.05, 3.63) is 35.4 Å². The van der Waals surface area contributed by atoms with Gasteiger partial charge in [-0.1, -0.05) is 24.3 Å². The molecule has 0 amide bonds. The van der Waals surface area contributed by atoms with Crippen LogP contribution in [-0.2, 0) is 12.0 Å². The lowest BCUT2D eigenvalue weighted by Gasteiger charge is -2.32. The van der Waals surface area contributed by atoms with E-state index in [1.54, 1.807) is 11.1 Å². The predicted octanol–water partition coefficient (Wildman–Crippen LogP) is 2.16. The predicted molar refractivity (Wildman–Crippen MR) is 53.7 cm³/mol. The molecule has 1 saturated carbocycles. The first-order chi connectivity index (χ1) is 6.30. The fourth-order valence-corrected chi connectivity index (χ4v) is 2.70. The van der Waals surface area contributed by atoms with Crippen molar-refractivity contribution in [1.82, 2.24) is 4.90 Å². The van der Waals surface area contributed by atoms with E-state index < -0.39 is 0 Å². The zero-order valence-corrected chi connectivity index (χ0v) is 8.09. The lowest BCUT2D eigenvalue weighted by Crippen LogP contribution is -2.34. The zero-order chi connectivity index (χ0) is 8.89. The first kappa shape index (κ1) is 7.57. The molecule has 1 nitrogen and oxygen atoms in total. The molecule has 1 heteroatoms. The van der Waals surface area contributed by atoms with Crippen molar-refractivity contribution in [2.45, 2.75) is 24.8 Å². The highest BCUT2D eigenvalue weighted by Crippen LogP contribution is 2.51. The Morgan fingerprint density at radius 3 is 2.77 bits per heavy atom. The summed E-state index contributed by atoms with van der Waals surface area (Å²) in [6.45, 7) is 2.40. The molecule has 1 aromatic carbocycles. The summed E-state index contributed by atoms with van der Waals surface area (Å²) in [7, 11) is 2.23. The summed E-state index contributed by atoms with van der Waals surface area (Å²) in [6.07, 6.45) is 2.79. The maximum atomic E-state index is 2.45. The summed E-state index contributed by atoms with van der Waals surface area (Å²) in [5.41, 5.74) is 3.74. The van der Waals surface area contributed by atoms with Gasteiger partial charge in [-0.2, -0.15) is 0 Å². The van der Waals surface area contributed by atoms with E-state index in [2.05, 4.69) is 36.2 Å². The van der Waals surface area contributed by atoms with Crippen LogP contribution in [-0.4, -0.2) is 18.5 Å². The topological polar surface area (TPSA) is 3.24 Å². The monoisotopic (exact) mass is 173 g/mol. The summed E-state index contributed by atoms with van der Waals surface area (Å²) in [4.78, 5) is 2.45. The highest BCUT2D eigenvalue weighted by Gasteiger charge is 2.47. The summed E-state index contributed by atoms with van der Waals surface area (Å²) in [6, 6.07) is 8.96. The molecule has 1 aliphatic carbocycles. The van der Waals surface area contributed by atoms with Crippen molar-refractivity contribution >= 4 is 0 Å². The van der Waals surface area contributed by atoms with Crippen LogP contribution in [0.5, 0.6) is 0 Å². The molecule has 0 saturated heterocycles. The van der Waals surface area contributed by atoms with Gasteiger partial charge in [-0.05, 0) is 31.0 Å². The average molecular weight is 173 g/mol. The second-order valence-electron chi connectivity index (χ2n) is 4.61. The molecule has 1 aliphatic heterocycles. The van der Waals surface area contributed by atoms with Crippen LogP contribution in [0.15, 0.2) is 24.3 Å². The van der Waals surface area contributed by atoms with Gasteiger partial charge in [0.05, 0.1) is 0 Å². The molecule has 0 bridgehead atoms. The van der Waals surface area contributed by atoms with Gasteiger partial charge in [-0.25, -0.2) is 0 Å². The standard InChI is InChI=1S/C12H15N/c1-13-8-10-4-2-3-5-11(10)12(9-13)6-7-12/h2-5H,6-9H2,1H3. The molecular weight excluding hydrogens is 158 g/mol.